The largest absolute Gasteiger partial charge is 0.493 e. The van der Waals surface area contributed by atoms with E-state index in [9.17, 15) is 9.18 Å². The lowest BCUT2D eigenvalue weighted by atomic mass is 10.1. The summed E-state index contributed by atoms with van der Waals surface area (Å²) >= 11 is 0. The molecule has 0 aromatic heterocycles. The summed E-state index contributed by atoms with van der Waals surface area (Å²) in [7, 11) is 6.77. The lowest BCUT2D eigenvalue weighted by Gasteiger charge is -2.45. The highest BCUT2D eigenvalue weighted by molar-refractivity contribution is 5.78. The van der Waals surface area contributed by atoms with Gasteiger partial charge in [-0.15, -0.1) is 0 Å². The van der Waals surface area contributed by atoms with E-state index in [0.29, 0.717) is 29.5 Å². The Kier molecular flexibility index (Phi) is 7.45. The van der Waals surface area contributed by atoms with E-state index in [0.717, 1.165) is 29.7 Å². The normalized spacial score (nSPS) is 20.6. The predicted octanol–water partition coefficient (Wildman–Crippen LogP) is 3.11. The second-order valence-electron chi connectivity index (χ2n) is 8.40. The van der Waals surface area contributed by atoms with E-state index in [-0.39, 0.29) is 24.4 Å². The van der Waals surface area contributed by atoms with Crippen molar-refractivity contribution in [3.63, 3.8) is 0 Å². The van der Waals surface area contributed by atoms with Gasteiger partial charge in [0.15, 0.2) is 18.1 Å². The molecule has 2 aromatic carbocycles. The van der Waals surface area contributed by atoms with Crippen LogP contribution in [0.2, 0.25) is 0 Å². The number of quaternary nitrogens is 1. The first-order valence-corrected chi connectivity index (χ1v) is 10.6. The van der Waals surface area contributed by atoms with Crippen LogP contribution in [0.3, 0.4) is 0 Å². The van der Waals surface area contributed by atoms with E-state index in [1.54, 1.807) is 12.1 Å². The minimum Gasteiger partial charge on any atom is -0.493 e. The number of ether oxygens (including phenoxy) is 4. The van der Waals surface area contributed by atoms with Gasteiger partial charge in [-0.05, 0) is 19.1 Å². The monoisotopic (exact) mass is 447 g/mol. The Hall–Kier alpha value is -3.00. The molecule has 7 nitrogen and oxygen atoms in total. The third-order valence-electron chi connectivity index (χ3n) is 5.92. The number of hydrogen-bond acceptors (Lipinski definition) is 5. The van der Waals surface area contributed by atoms with Crippen molar-refractivity contribution < 1.29 is 32.6 Å². The van der Waals surface area contributed by atoms with Crippen LogP contribution < -0.4 is 18.9 Å². The van der Waals surface area contributed by atoms with Crippen LogP contribution >= 0.6 is 0 Å². The van der Waals surface area contributed by atoms with Crippen molar-refractivity contribution in [1.82, 2.24) is 4.90 Å². The van der Waals surface area contributed by atoms with E-state index in [4.69, 9.17) is 18.9 Å². The standard InChI is InChI=1S/C24H32FN2O5/c1-17-14-27(2,15-18-6-8-19(25)9-7-18)11-10-26(17)23(28)16-32-20-12-21(29-3)24(31-5)22(13-20)30-4/h6-9,12-13,17H,10-11,14-16H2,1-5H3/q+1. The van der Waals surface area contributed by atoms with Gasteiger partial charge in [0.1, 0.15) is 18.1 Å². The second kappa shape index (κ2) is 10.1. The number of halogens is 1. The predicted molar refractivity (Wildman–Crippen MR) is 119 cm³/mol. The van der Waals surface area contributed by atoms with Crippen molar-refractivity contribution >= 4 is 5.91 Å². The van der Waals surface area contributed by atoms with Gasteiger partial charge in [0.25, 0.3) is 5.91 Å². The molecule has 2 aromatic rings. The van der Waals surface area contributed by atoms with E-state index in [2.05, 4.69) is 14.0 Å². The smallest absolute Gasteiger partial charge is 0.261 e. The molecule has 0 radical (unpaired) electrons. The van der Waals surface area contributed by atoms with Gasteiger partial charge >= 0.3 is 0 Å². The molecule has 32 heavy (non-hydrogen) atoms. The highest BCUT2D eigenvalue weighted by Crippen LogP contribution is 2.40. The average Bonchev–Trinajstić information content (AvgIpc) is 2.78. The first-order valence-electron chi connectivity index (χ1n) is 10.6. The van der Waals surface area contributed by atoms with E-state index in [1.165, 1.54) is 33.5 Å². The summed E-state index contributed by atoms with van der Waals surface area (Å²) in [4.78, 5) is 14.7. The summed E-state index contributed by atoms with van der Waals surface area (Å²) < 4.78 is 35.7. The van der Waals surface area contributed by atoms with Gasteiger partial charge in [-0.3, -0.25) is 4.79 Å². The zero-order valence-electron chi connectivity index (χ0n) is 19.4. The lowest BCUT2D eigenvalue weighted by molar-refractivity contribution is -0.928. The average molecular weight is 448 g/mol. The molecule has 0 saturated carbocycles. The van der Waals surface area contributed by atoms with E-state index < -0.39 is 0 Å². The number of amides is 1. The van der Waals surface area contributed by atoms with Gasteiger partial charge in [0, 0.05) is 17.7 Å². The van der Waals surface area contributed by atoms with Crippen LogP contribution in [-0.2, 0) is 11.3 Å². The van der Waals surface area contributed by atoms with Gasteiger partial charge in [-0.2, -0.15) is 0 Å². The maximum absolute atomic E-state index is 13.2. The molecule has 0 spiro atoms. The number of methoxy groups -OCH3 is 3. The highest BCUT2D eigenvalue weighted by Gasteiger charge is 2.36. The Morgan fingerprint density at radius 3 is 2.25 bits per heavy atom. The van der Waals surface area contributed by atoms with Crippen LogP contribution in [0.1, 0.15) is 12.5 Å². The molecule has 2 atom stereocenters. The SMILES string of the molecule is COc1cc(OCC(=O)N2CC[N+](C)(Cc3ccc(F)cc3)CC2C)cc(OC)c1OC. The molecule has 3 rings (SSSR count). The fraction of sp³-hybridized carbons (Fsp3) is 0.458. The molecular weight excluding hydrogens is 415 g/mol. The third-order valence-corrected chi connectivity index (χ3v) is 5.92. The Bertz CT molecular complexity index is 911. The molecule has 1 saturated heterocycles. The minimum absolute atomic E-state index is 0.0604. The van der Waals surface area contributed by atoms with Gasteiger partial charge in [0.05, 0.1) is 54.1 Å². The molecule has 0 N–H and O–H groups in total. The minimum atomic E-state index is -0.229. The quantitative estimate of drug-likeness (QED) is 0.582. The third kappa shape index (κ3) is 5.43. The highest BCUT2D eigenvalue weighted by atomic mass is 19.1. The Balaban J connectivity index is 1.60. The molecule has 1 aliphatic rings. The van der Waals surface area contributed by atoms with E-state index in [1.807, 2.05) is 17.0 Å². The van der Waals surface area contributed by atoms with E-state index >= 15 is 0 Å². The fourth-order valence-electron chi connectivity index (χ4n) is 4.31. The number of likely N-dealkylation sites (N-methyl/N-ethyl adjacent to an activating group) is 1. The van der Waals surface area contributed by atoms with Crippen molar-refractivity contribution in [1.29, 1.82) is 0 Å². The van der Waals surface area contributed by atoms with Gasteiger partial charge in [0.2, 0.25) is 5.75 Å². The number of nitrogens with zero attached hydrogens (tertiary/aromatic N) is 2. The molecule has 0 bridgehead atoms. The van der Waals surface area contributed by atoms with Crippen LogP contribution in [0.4, 0.5) is 4.39 Å². The molecule has 1 aliphatic heterocycles. The van der Waals surface area contributed by atoms with Gasteiger partial charge in [-0.25, -0.2) is 4.39 Å². The molecule has 2 unspecified atom stereocenters. The number of benzene rings is 2. The lowest BCUT2D eigenvalue weighted by Crippen LogP contribution is -2.62. The summed E-state index contributed by atoms with van der Waals surface area (Å²) in [6, 6.07) is 10.0. The zero-order chi connectivity index (χ0) is 23.3. The van der Waals surface area contributed by atoms with Crippen LogP contribution in [0.25, 0.3) is 0 Å². The summed E-state index contributed by atoms with van der Waals surface area (Å²) in [6.07, 6.45) is 0. The number of piperazine rings is 1. The van der Waals surface area contributed by atoms with Crippen LogP contribution in [-0.4, -0.2) is 76.0 Å². The number of hydrogen-bond donors (Lipinski definition) is 0. The van der Waals surface area contributed by atoms with Gasteiger partial charge in [-0.1, -0.05) is 12.1 Å². The number of carbonyl (C=O) groups is 1. The molecule has 174 valence electrons. The van der Waals surface area contributed by atoms with Crippen LogP contribution in [0.15, 0.2) is 36.4 Å². The molecular formula is C24H32FN2O5+. The van der Waals surface area contributed by atoms with Crippen molar-refractivity contribution in [2.75, 3.05) is 54.6 Å². The Labute approximate surface area is 188 Å². The maximum atomic E-state index is 13.2. The molecule has 1 heterocycles. The van der Waals surface area contributed by atoms with Crippen LogP contribution in [0.5, 0.6) is 23.0 Å². The topological polar surface area (TPSA) is 57.2 Å². The first-order chi connectivity index (χ1) is 15.3. The molecule has 0 aliphatic carbocycles. The zero-order valence-corrected chi connectivity index (χ0v) is 19.4. The van der Waals surface area contributed by atoms with Gasteiger partial charge < -0.3 is 28.3 Å². The Morgan fingerprint density at radius 2 is 1.72 bits per heavy atom. The number of rotatable bonds is 8. The summed E-state index contributed by atoms with van der Waals surface area (Å²) in [5, 5.41) is 0. The van der Waals surface area contributed by atoms with Crippen molar-refractivity contribution in [2.45, 2.75) is 19.5 Å². The van der Waals surface area contributed by atoms with Crippen molar-refractivity contribution in [2.24, 2.45) is 0 Å². The summed E-state index contributed by atoms with van der Waals surface area (Å²) in [5.74, 6) is 1.57. The fourth-order valence-corrected chi connectivity index (χ4v) is 4.31. The summed E-state index contributed by atoms with van der Waals surface area (Å²) in [5.41, 5.74) is 1.09. The molecule has 8 heteroatoms. The second-order valence-corrected chi connectivity index (χ2v) is 8.40. The molecule has 1 amide bonds. The number of carbonyl (C=O) groups excluding carboxylic acids is 1. The maximum Gasteiger partial charge on any atom is 0.261 e. The molecule has 1 fully saturated rings. The van der Waals surface area contributed by atoms with Crippen molar-refractivity contribution in [3.8, 4) is 23.0 Å². The Morgan fingerprint density at radius 1 is 1.09 bits per heavy atom. The van der Waals surface area contributed by atoms with Crippen LogP contribution in [0, 0.1) is 5.82 Å². The summed E-state index contributed by atoms with van der Waals surface area (Å²) in [6.45, 7) is 5.04. The van der Waals surface area contributed by atoms with Crippen molar-refractivity contribution in [3.05, 3.63) is 47.8 Å². The first kappa shape index (κ1) is 23.7.